The molecule has 0 aliphatic heterocycles. The smallest absolute Gasteiger partial charge is 0.178 e. The molecule has 0 aromatic carbocycles. The molecule has 2 rings (SSSR count). The number of aromatic nitrogens is 2. The minimum Gasteiger partial charge on any atom is -1.00 e. The molecule has 0 saturated heterocycles. The highest BCUT2D eigenvalue weighted by molar-refractivity contribution is 4.94. The summed E-state index contributed by atoms with van der Waals surface area (Å²) in [6.07, 6.45) is 15.3. The fourth-order valence-corrected chi connectivity index (χ4v) is 3.25. The van der Waals surface area contributed by atoms with Crippen molar-refractivity contribution in [1.29, 1.82) is 0 Å². The maximum absolute atomic E-state index is 2.36. The van der Waals surface area contributed by atoms with Crippen LogP contribution >= 0.6 is 0 Å². The third-order valence-corrected chi connectivity index (χ3v) is 4.88. The molecule has 0 unspecified atom stereocenters. The standard InChI is InChI=1S/C22H34N2.2BrH/c1-21-15-9-13-19-23(21)17-11-7-5-3-4-6-8-12-18-24-20-14-10-16-22(24)2;;/h9-10,13-16,19-20H,3-8,11-12,17-18H2,1-2H3;2*1H/q+2;;/p-2. The van der Waals surface area contributed by atoms with Gasteiger partial charge in [-0.05, 0) is 12.8 Å². The summed E-state index contributed by atoms with van der Waals surface area (Å²) in [5.41, 5.74) is 2.73. The second-order valence-corrected chi connectivity index (χ2v) is 6.90. The third-order valence-electron chi connectivity index (χ3n) is 4.88. The minimum atomic E-state index is 0. The van der Waals surface area contributed by atoms with Crippen LogP contribution in [-0.2, 0) is 13.1 Å². The Kier molecular flexibility index (Phi) is 14.9. The molecular formula is C22H34Br2N2. The normalized spacial score (nSPS) is 10.1. The largest absolute Gasteiger partial charge is 1.00 e. The minimum absolute atomic E-state index is 0. The highest BCUT2D eigenvalue weighted by Crippen LogP contribution is 2.09. The lowest BCUT2D eigenvalue weighted by Gasteiger charge is -2.03. The predicted octanol–water partition coefficient (Wildman–Crippen LogP) is -1.29. The second kappa shape index (κ2) is 15.3. The quantitative estimate of drug-likeness (QED) is 0.276. The first-order valence-electron chi connectivity index (χ1n) is 9.67. The Hall–Kier alpha value is -0.740. The lowest BCUT2D eigenvalue weighted by atomic mass is 10.1. The zero-order chi connectivity index (χ0) is 17.0. The van der Waals surface area contributed by atoms with E-state index in [1.165, 1.54) is 75.8 Å². The van der Waals surface area contributed by atoms with Gasteiger partial charge in [0.05, 0.1) is 0 Å². The van der Waals surface area contributed by atoms with E-state index in [1.807, 2.05) is 0 Å². The Balaban J connectivity index is 0.00000312. The van der Waals surface area contributed by atoms with Gasteiger partial charge in [0.25, 0.3) is 0 Å². The zero-order valence-electron chi connectivity index (χ0n) is 16.3. The maximum Gasteiger partial charge on any atom is 0.178 e. The molecule has 0 atom stereocenters. The van der Waals surface area contributed by atoms with Gasteiger partial charge in [-0.1, -0.05) is 37.8 Å². The topological polar surface area (TPSA) is 7.76 Å². The molecule has 0 saturated carbocycles. The molecular weight excluding hydrogens is 452 g/mol. The van der Waals surface area contributed by atoms with Crippen molar-refractivity contribution in [2.45, 2.75) is 78.3 Å². The molecule has 26 heavy (non-hydrogen) atoms. The van der Waals surface area contributed by atoms with E-state index in [2.05, 4.69) is 71.8 Å². The van der Waals surface area contributed by atoms with Gasteiger partial charge in [0.2, 0.25) is 0 Å². The molecule has 0 aliphatic rings. The van der Waals surface area contributed by atoms with Crippen LogP contribution in [0.2, 0.25) is 0 Å². The van der Waals surface area contributed by atoms with Gasteiger partial charge in [-0.15, -0.1) is 0 Å². The van der Waals surface area contributed by atoms with Gasteiger partial charge in [-0.25, -0.2) is 9.13 Å². The summed E-state index contributed by atoms with van der Waals surface area (Å²) >= 11 is 0. The Morgan fingerprint density at radius 1 is 0.538 bits per heavy atom. The predicted molar refractivity (Wildman–Crippen MR) is 99.7 cm³/mol. The van der Waals surface area contributed by atoms with Crippen LogP contribution in [0.4, 0.5) is 0 Å². The molecule has 0 bridgehead atoms. The number of aryl methyl sites for hydroxylation is 4. The van der Waals surface area contributed by atoms with E-state index in [1.54, 1.807) is 0 Å². The first-order chi connectivity index (χ1) is 11.8. The Morgan fingerprint density at radius 3 is 1.23 bits per heavy atom. The molecule has 0 spiro atoms. The van der Waals surface area contributed by atoms with E-state index in [-0.39, 0.29) is 34.0 Å². The van der Waals surface area contributed by atoms with Gasteiger partial charge in [-0.3, -0.25) is 0 Å². The van der Waals surface area contributed by atoms with E-state index in [0.717, 1.165) is 0 Å². The van der Waals surface area contributed by atoms with Crippen molar-refractivity contribution in [2.75, 3.05) is 0 Å². The fourth-order valence-electron chi connectivity index (χ4n) is 3.25. The average molecular weight is 486 g/mol. The van der Waals surface area contributed by atoms with E-state index in [9.17, 15) is 0 Å². The molecule has 2 aromatic heterocycles. The van der Waals surface area contributed by atoms with Crippen LogP contribution in [0.1, 0.15) is 62.8 Å². The Labute approximate surface area is 181 Å². The van der Waals surface area contributed by atoms with Gasteiger partial charge in [0.15, 0.2) is 23.8 Å². The van der Waals surface area contributed by atoms with Crippen molar-refractivity contribution < 1.29 is 43.1 Å². The number of hydrogen-bond acceptors (Lipinski definition) is 0. The van der Waals surface area contributed by atoms with Crippen LogP contribution in [0, 0.1) is 13.8 Å². The lowest BCUT2D eigenvalue weighted by Crippen LogP contribution is -3.00. The molecule has 2 aromatic rings. The molecule has 146 valence electrons. The van der Waals surface area contributed by atoms with E-state index >= 15 is 0 Å². The highest BCUT2D eigenvalue weighted by atomic mass is 79.9. The van der Waals surface area contributed by atoms with Crippen LogP contribution in [0.5, 0.6) is 0 Å². The molecule has 0 aliphatic carbocycles. The van der Waals surface area contributed by atoms with Crippen LogP contribution in [0.25, 0.3) is 0 Å². The Morgan fingerprint density at radius 2 is 0.885 bits per heavy atom. The number of hydrogen-bond donors (Lipinski definition) is 0. The summed E-state index contributed by atoms with van der Waals surface area (Å²) in [5.74, 6) is 0. The molecule has 0 N–H and O–H groups in total. The molecule has 2 nitrogen and oxygen atoms in total. The van der Waals surface area contributed by atoms with Crippen molar-refractivity contribution in [3.8, 4) is 0 Å². The van der Waals surface area contributed by atoms with Gasteiger partial charge >= 0.3 is 0 Å². The van der Waals surface area contributed by atoms with Crippen molar-refractivity contribution in [1.82, 2.24) is 0 Å². The maximum atomic E-state index is 2.36. The summed E-state index contributed by atoms with van der Waals surface area (Å²) in [7, 11) is 0. The van der Waals surface area contributed by atoms with Crippen molar-refractivity contribution in [3.05, 3.63) is 60.2 Å². The van der Waals surface area contributed by atoms with E-state index in [4.69, 9.17) is 0 Å². The molecule has 0 amide bonds. The number of halogens is 2. The summed E-state index contributed by atoms with van der Waals surface area (Å²) in [6, 6.07) is 12.9. The second-order valence-electron chi connectivity index (χ2n) is 6.90. The highest BCUT2D eigenvalue weighted by Gasteiger charge is 2.04. The van der Waals surface area contributed by atoms with Crippen molar-refractivity contribution in [2.24, 2.45) is 0 Å². The average Bonchev–Trinajstić information content (AvgIpc) is 2.59. The number of nitrogens with zero attached hydrogens (tertiary/aromatic N) is 2. The first kappa shape index (κ1) is 25.3. The summed E-state index contributed by atoms with van der Waals surface area (Å²) in [6.45, 7) is 6.71. The van der Waals surface area contributed by atoms with Crippen LogP contribution in [0.3, 0.4) is 0 Å². The monoisotopic (exact) mass is 484 g/mol. The van der Waals surface area contributed by atoms with E-state index in [0.29, 0.717) is 0 Å². The summed E-state index contributed by atoms with van der Waals surface area (Å²) < 4.78 is 4.73. The van der Waals surface area contributed by atoms with E-state index < -0.39 is 0 Å². The summed E-state index contributed by atoms with van der Waals surface area (Å²) in [4.78, 5) is 0. The first-order valence-corrected chi connectivity index (χ1v) is 9.67. The zero-order valence-corrected chi connectivity index (χ0v) is 19.5. The van der Waals surface area contributed by atoms with Crippen LogP contribution in [-0.4, -0.2) is 0 Å². The number of unbranched alkanes of at least 4 members (excludes halogenated alkanes) is 7. The van der Waals surface area contributed by atoms with Crippen molar-refractivity contribution in [3.63, 3.8) is 0 Å². The van der Waals surface area contributed by atoms with Crippen LogP contribution in [0.15, 0.2) is 48.8 Å². The van der Waals surface area contributed by atoms with Crippen LogP contribution < -0.4 is 43.1 Å². The van der Waals surface area contributed by atoms with Gasteiger partial charge in [-0.2, -0.15) is 0 Å². The van der Waals surface area contributed by atoms with Gasteiger partial charge < -0.3 is 34.0 Å². The van der Waals surface area contributed by atoms with Gasteiger partial charge in [0, 0.05) is 51.0 Å². The van der Waals surface area contributed by atoms with Gasteiger partial charge in [0.1, 0.15) is 13.1 Å². The number of pyridine rings is 2. The molecule has 2 heterocycles. The van der Waals surface area contributed by atoms with Crippen molar-refractivity contribution >= 4 is 0 Å². The third kappa shape index (κ3) is 9.82. The molecule has 0 fully saturated rings. The molecule has 0 radical (unpaired) electrons. The molecule has 4 heteroatoms. The summed E-state index contributed by atoms with van der Waals surface area (Å²) in [5, 5.41) is 0. The Bertz CT molecular complexity index is 549. The fraction of sp³-hybridized carbons (Fsp3) is 0.545. The lowest BCUT2D eigenvalue weighted by molar-refractivity contribution is -0.703. The SMILES string of the molecule is Cc1cccc[n+]1CCCCCCCCCC[n+]1ccccc1C.[Br-].[Br-]. The number of rotatable bonds is 11.